The van der Waals surface area contributed by atoms with Crippen molar-refractivity contribution < 1.29 is 41.0 Å². The number of piperidine rings is 1. The van der Waals surface area contributed by atoms with Gasteiger partial charge in [-0.2, -0.15) is 0 Å². The number of carbonyl (C=O) groups excluding carboxylic acids is 1. The van der Waals surface area contributed by atoms with Crippen LogP contribution in [0.1, 0.15) is 37.8 Å². The molecule has 1 saturated heterocycles. The highest BCUT2D eigenvalue weighted by atomic mass is 32.2. The Balaban J connectivity index is 1.62. The molecule has 0 saturated carbocycles. The molecular formula is C23H29F2N3O7S. The molecular weight excluding hydrogens is 500 g/mol. The van der Waals surface area contributed by atoms with Gasteiger partial charge in [-0.3, -0.25) is 0 Å². The first kappa shape index (κ1) is 27.5. The van der Waals surface area contributed by atoms with Crippen molar-refractivity contribution in [3.8, 4) is 17.5 Å². The molecule has 10 nitrogen and oxygen atoms in total. The molecule has 2 aromatic rings. The third kappa shape index (κ3) is 7.98. The Morgan fingerprint density at radius 1 is 1.14 bits per heavy atom. The van der Waals surface area contributed by atoms with Gasteiger partial charge in [-0.1, -0.05) is 0 Å². The average Bonchev–Trinajstić information content (AvgIpc) is 2.78. The lowest BCUT2D eigenvalue weighted by Gasteiger charge is -2.30. The summed E-state index contributed by atoms with van der Waals surface area (Å²) in [5, 5.41) is 1.50. The zero-order chi connectivity index (χ0) is 26.5. The van der Waals surface area contributed by atoms with Crippen LogP contribution in [-0.4, -0.2) is 66.9 Å². The van der Waals surface area contributed by atoms with E-state index in [-0.39, 0.29) is 41.7 Å². The van der Waals surface area contributed by atoms with E-state index < -0.39 is 33.4 Å². The summed E-state index contributed by atoms with van der Waals surface area (Å²) in [4.78, 5) is 24.9. The molecule has 1 aromatic heterocycles. The van der Waals surface area contributed by atoms with Gasteiger partial charge in [-0.25, -0.2) is 32.0 Å². The van der Waals surface area contributed by atoms with Crippen molar-refractivity contribution in [1.82, 2.24) is 15.0 Å². The molecule has 0 N–H and O–H groups in total. The maximum absolute atomic E-state index is 14.6. The molecule has 0 bridgehead atoms. The van der Waals surface area contributed by atoms with Gasteiger partial charge in [0.1, 0.15) is 28.1 Å². The molecule has 1 aromatic carbocycles. The van der Waals surface area contributed by atoms with Gasteiger partial charge in [0.2, 0.25) is 11.8 Å². The molecule has 3 rings (SSSR count). The fourth-order valence-electron chi connectivity index (χ4n) is 3.40. The minimum absolute atomic E-state index is 0.0145. The third-order valence-corrected chi connectivity index (χ3v) is 6.20. The standard InChI is InChI=1S/C23H29F2N3O7S/c1-14(2)32-23(29)35-28-8-5-17(6-9-28)33-21-15(3)22(27-13-26-21)34-20-12-18(24)16(11-19(20)25)7-10-36(4,30)31/h11-14,17H,5-10H2,1-4H3. The van der Waals surface area contributed by atoms with E-state index in [1.807, 2.05) is 0 Å². The second kappa shape index (κ2) is 11.8. The molecule has 0 radical (unpaired) electrons. The number of hydroxylamine groups is 2. The van der Waals surface area contributed by atoms with Gasteiger partial charge in [0.05, 0.1) is 17.4 Å². The van der Waals surface area contributed by atoms with Crippen molar-refractivity contribution in [1.29, 1.82) is 0 Å². The number of halogens is 2. The number of carbonyl (C=O) groups is 1. The molecule has 0 atom stereocenters. The first-order valence-corrected chi connectivity index (χ1v) is 13.4. The minimum atomic E-state index is -3.33. The summed E-state index contributed by atoms with van der Waals surface area (Å²) in [6.07, 6.45) is 1.88. The summed E-state index contributed by atoms with van der Waals surface area (Å²) in [5.74, 6) is -2.14. The second-order valence-corrected chi connectivity index (χ2v) is 11.0. The first-order chi connectivity index (χ1) is 16.9. The molecule has 0 spiro atoms. The Labute approximate surface area is 208 Å². The van der Waals surface area contributed by atoms with Crippen LogP contribution in [0.2, 0.25) is 0 Å². The Hall–Kier alpha value is -3.06. The molecule has 0 amide bonds. The van der Waals surface area contributed by atoms with Gasteiger partial charge in [0.15, 0.2) is 11.6 Å². The van der Waals surface area contributed by atoms with E-state index in [0.29, 0.717) is 31.5 Å². The number of sulfone groups is 1. The monoisotopic (exact) mass is 529 g/mol. The van der Waals surface area contributed by atoms with Crippen molar-refractivity contribution in [2.75, 3.05) is 25.1 Å². The predicted octanol–water partition coefficient (Wildman–Crippen LogP) is 3.76. The zero-order valence-corrected chi connectivity index (χ0v) is 21.3. The van der Waals surface area contributed by atoms with Gasteiger partial charge >= 0.3 is 6.16 Å². The van der Waals surface area contributed by atoms with Crippen LogP contribution >= 0.6 is 0 Å². The van der Waals surface area contributed by atoms with E-state index >= 15 is 0 Å². The number of ether oxygens (including phenoxy) is 3. The van der Waals surface area contributed by atoms with E-state index in [1.165, 1.54) is 11.4 Å². The molecule has 0 unspecified atom stereocenters. The summed E-state index contributed by atoms with van der Waals surface area (Å²) in [7, 11) is -3.33. The fraction of sp³-hybridized carbons (Fsp3) is 0.522. The van der Waals surface area contributed by atoms with Gasteiger partial charge in [0, 0.05) is 38.3 Å². The van der Waals surface area contributed by atoms with Crippen LogP contribution in [0.3, 0.4) is 0 Å². The number of hydrogen-bond acceptors (Lipinski definition) is 10. The third-order valence-electron chi connectivity index (χ3n) is 5.26. The number of hydrogen-bond donors (Lipinski definition) is 0. The Bertz CT molecular complexity index is 1190. The molecule has 1 fully saturated rings. The van der Waals surface area contributed by atoms with Crippen LogP contribution in [-0.2, 0) is 25.8 Å². The van der Waals surface area contributed by atoms with Gasteiger partial charge in [0.25, 0.3) is 0 Å². The lowest BCUT2D eigenvalue weighted by atomic mass is 10.1. The van der Waals surface area contributed by atoms with Crippen molar-refractivity contribution in [3.05, 3.63) is 41.2 Å². The summed E-state index contributed by atoms with van der Waals surface area (Å²) >= 11 is 0. The highest BCUT2D eigenvalue weighted by Gasteiger charge is 2.26. The van der Waals surface area contributed by atoms with Crippen molar-refractivity contribution in [2.24, 2.45) is 0 Å². The molecule has 198 valence electrons. The maximum atomic E-state index is 14.6. The van der Waals surface area contributed by atoms with E-state index in [0.717, 1.165) is 18.4 Å². The number of aromatic nitrogens is 2. The lowest BCUT2D eigenvalue weighted by Crippen LogP contribution is -2.40. The number of rotatable bonds is 9. The van der Waals surface area contributed by atoms with Crippen molar-refractivity contribution in [3.63, 3.8) is 0 Å². The van der Waals surface area contributed by atoms with Crippen LogP contribution in [0.5, 0.6) is 17.5 Å². The van der Waals surface area contributed by atoms with Crippen LogP contribution in [0.4, 0.5) is 13.6 Å². The smallest absolute Gasteiger partial charge is 0.474 e. The highest BCUT2D eigenvalue weighted by molar-refractivity contribution is 7.90. The summed E-state index contributed by atoms with van der Waals surface area (Å²) in [6, 6.07) is 1.77. The molecule has 0 aliphatic carbocycles. The summed E-state index contributed by atoms with van der Waals surface area (Å²) in [6.45, 7) is 5.94. The lowest BCUT2D eigenvalue weighted by molar-refractivity contribution is -0.151. The maximum Gasteiger partial charge on any atom is 0.528 e. The van der Waals surface area contributed by atoms with E-state index in [4.69, 9.17) is 19.0 Å². The topological polar surface area (TPSA) is 117 Å². The normalized spacial score (nSPS) is 15.1. The highest BCUT2D eigenvalue weighted by Crippen LogP contribution is 2.31. The SMILES string of the molecule is Cc1c(Oc2cc(F)c(CCS(C)(=O)=O)cc2F)ncnc1OC1CCN(OC(=O)OC(C)C)CC1. The summed E-state index contributed by atoms with van der Waals surface area (Å²) < 4.78 is 68.1. The number of aryl methyl sites for hydroxylation is 1. The minimum Gasteiger partial charge on any atom is -0.474 e. The van der Waals surface area contributed by atoms with Gasteiger partial charge in [-0.15, -0.1) is 5.06 Å². The molecule has 13 heteroatoms. The Morgan fingerprint density at radius 2 is 1.81 bits per heavy atom. The van der Waals surface area contributed by atoms with Crippen LogP contribution in [0.25, 0.3) is 0 Å². The average molecular weight is 530 g/mol. The Morgan fingerprint density at radius 3 is 2.44 bits per heavy atom. The van der Waals surface area contributed by atoms with E-state index in [9.17, 15) is 22.0 Å². The number of nitrogens with zero attached hydrogens (tertiary/aromatic N) is 3. The summed E-state index contributed by atoms with van der Waals surface area (Å²) in [5.41, 5.74) is 0.319. The van der Waals surface area contributed by atoms with Gasteiger partial charge < -0.3 is 19.0 Å². The molecule has 36 heavy (non-hydrogen) atoms. The largest absolute Gasteiger partial charge is 0.528 e. The van der Waals surface area contributed by atoms with Gasteiger partial charge in [-0.05, 0) is 38.8 Å². The Kier molecular flexibility index (Phi) is 9.01. The van der Waals surface area contributed by atoms with Crippen molar-refractivity contribution >= 4 is 16.0 Å². The van der Waals surface area contributed by atoms with E-state index in [1.54, 1.807) is 20.8 Å². The van der Waals surface area contributed by atoms with Crippen LogP contribution < -0.4 is 9.47 Å². The first-order valence-electron chi connectivity index (χ1n) is 11.4. The predicted molar refractivity (Wildman–Crippen MR) is 125 cm³/mol. The van der Waals surface area contributed by atoms with Crippen molar-refractivity contribution in [2.45, 2.75) is 52.2 Å². The molecule has 2 heterocycles. The number of benzene rings is 1. The van der Waals surface area contributed by atoms with Crippen LogP contribution in [0.15, 0.2) is 18.5 Å². The van der Waals surface area contributed by atoms with E-state index in [2.05, 4.69) is 9.97 Å². The second-order valence-electron chi connectivity index (χ2n) is 8.72. The van der Waals surface area contributed by atoms with Crippen LogP contribution in [0, 0.1) is 18.6 Å². The zero-order valence-electron chi connectivity index (χ0n) is 20.5. The molecule has 1 aliphatic heterocycles. The molecule has 1 aliphatic rings. The fourth-order valence-corrected chi connectivity index (χ4v) is 3.99. The quantitative estimate of drug-likeness (QED) is 0.444.